The molecule has 1 heterocycles. The maximum atomic E-state index is 4.40. The highest BCUT2D eigenvalue weighted by Gasteiger charge is 2.05. The summed E-state index contributed by atoms with van der Waals surface area (Å²) < 4.78 is 2.02. The quantitative estimate of drug-likeness (QED) is 0.859. The average Bonchev–Trinajstić information content (AvgIpc) is 2.85. The number of nitrogens with zero attached hydrogens (tertiary/aromatic N) is 2. The van der Waals surface area contributed by atoms with E-state index in [0.29, 0.717) is 0 Å². The summed E-state index contributed by atoms with van der Waals surface area (Å²) in [5, 5.41) is 7.76. The molecule has 0 bridgehead atoms. The highest BCUT2D eigenvalue weighted by atomic mass is 15.3. The first-order valence-corrected chi connectivity index (χ1v) is 7.07. The van der Waals surface area contributed by atoms with E-state index in [1.54, 1.807) is 0 Å². The Balaban J connectivity index is 2.19. The number of hydrogen-bond donors (Lipinski definition) is 1. The number of hydrogen-bond acceptors (Lipinski definition) is 2. The lowest BCUT2D eigenvalue weighted by atomic mass is 10.0. The van der Waals surface area contributed by atoms with Crippen LogP contribution < -0.4 is 5.32 Å². The second-order valence-electron chi connectivity index (χ2n) is 4.92. The Morgan fingerprint density at radius 2 is 2.11 bits per heavy atom. The lowest BCUT2D eigenvalue weighted by Gasteiger charge is -2.07. The molecule has 0 unspecified atom stereocenters. The van der Waals surface area contributed by atoms with Gasteiger partial charge in [0.15, 0.2) is 0 Å². The summed E-state index contributed by atoms with van der Waals surface area (Å²) in [6.45, 7) is 9.39. The molecule has 102 valence electrons. The molecule has 0 aliphatic heterocycles. The summed E-state index contributed by atoms with van der Waals surface area (Å²) in [6, 6.07) is 6.66. The lowest BCUT2D eigenvalue weighted by molar-refractivity contribution is 0.603. The molecular weight excluding hydrogens is 234 g/mol. The van der Waals surface area contributed by atoms with Crippen molar-refractivity contribution in [1.82, 2.24) is 15.1 Å². The molecule has 0 atom stereocenters. The van der Waals surface area contributed by atoms with Crippen LogP contribution in [0.4, 0.5) is 0 Å². The van der Waals surface area contributed by atoms with E-state index in [9.17, 15) is 0 Å². The van der Waals surface area contributed by atoms with Crippen LogP contribution in [0, 0.1) is 6.92 Å². The van der Waals surface area contributed by atoms with E-state index in [2.05, 4.69) is 55.6 Å². The Kier molecular flexibility index (Phi) is 4.74. The highest BCUT2D eigenvalue weighted by molar-refractivity contribution is 5.66. The summed E-state index contributed by atoms with van der Waals surface area (Å²) in [4.78, 5) is 0. The summed E-state index contributed by atoms with van der Waals surface area (Å²) in [6.07, 6.45) is 5.21. The molecule has 3 heteroatoms. The van der Waals surface area contributed by atoms with Gasteiger partial charge in [-0.25, -0.2) is 0 Å². The summed E-state index contributed by atoms with van der Waals surface area (Å²) in [5.41, 5.74) is 5.14. The SMILES string of the molecule is CCCn1cc(-c2ccc(CNCC)cc2C)cn1. The maximum Gasteiger partial charge on any atom is 0.0568 e. The second kappa shape index (κ2) is 6.53. The van der Waals surface area contributed by atoms with Gasteiger partial charge in [0.1, 0.15) is 0 Å². The first kappa shape index (κ1) is 13.8. The number of aromatic nitrogens is 2. The molecule has 1 aromatic heterocycles. The van der Waals surface area contributed by atoms with Gasteiger partial charge in [-0.3, -0.25) is 4.68 Å². The number of nitrogens with one attached hydrogen (secondary N) is 1. The van der Waals surface area contributed by atoms with Gasteiger partial charge in [0, 0.05) is 24.8 Å². The van der Waals surface area contributed by atoms with Gasteiger partial charge in [-0.05, 0) is 36.6 Å². The lowest BCUT2D eigenvalue weighted by Crippen LogP contribution is -2.11. The van der Waals surface area contributed by atoms with Crippen LogP contribution in [0.15, 0.2) is 30.6 Å². The molecular formula is C16H23N3. The van der Waals surface area contributed by atoms with Crippen molar-refractivity contribution in [2.75, 3.05) is 6.54 Å². The molecule has 2 aromatic rings. The van der Waals surface area contributed by atoms with E-state index < -0.39 is 0 Å². The molecule has 3 nitrogen and oxygen atoms in total. The van der Waals surface area contributed by atoms with Crippen LogP contribution in [0.5, 0.6) is 0 Å². The fourth-order valence-corrected chi connectivity index (χ4v) is 2.28. The van der Waals surface area contributed by atoms with E-state index in [-0.39, 0.29) is 0 Å². The largest absolute Gasteiger partial charge is 0.313 e. The maximum absolute atomic E-state index is 4.40. The van der Waals surface area contributed by atoms with Crippen molar-refractivity contribution in [3.63, 3.8) is 0 Å². The normalized spacial score (nSPS) is 10.9. The average molecular weight is 257 g/mol. The summed E-state index contributed by atoms with van der Waals surface area (Å²) in [7, 11) is 0. The molecule has 19 heavy (non-hydrogen) atoms. The van der Waals surface area contributed by atoms with E-state index >= 15 is 0 Å². The molecule has 0 radical (unpaired) electrons. The molecule has 0 aliphatic rings. The monoisotopic (exact) mass is 257 g/mol. The summed E-state index contributed by atoms with van der Waals surface area (Å²) in [5.74, 6) is 0. The third kappa shape index (κ3) is 3.44. The fourth-order valence-electron chi connectivity index (χ4n) is 2.28. The van der Waals surface area contributed by atoms with Crippen LogP contribution in [0.1, 0.15) is 31.4 Å². The van der Waals surface area contributed by atoms with Crippen molar-refractivity contribution in [3.05, 3.63) is 41.7 Å². The van der Waals surface area contributed by atoms with E-state index in [0.717, 1.165) is 26.1 Å². The Hall–Kier alpha value is -1.61. The van der Waals surface area contributed by atoms with Gasteiger partial charge in [-0.15, -0.1) is 0 Å². The third-order valence-corrected chi connectivity index (χ3v) is 3.27. The minimum atomic E-state index is 0.937. The Morgan fingerprint density at radius 3 is 2.79 bits per heavy atom. The predicted molar refractivity (Wildman–Crippen MR) is 80.1 cm³/mol. The van der Waals surface area contributed by atoms with Gasteiger partial charge >= 0.3 is 0 Å². The van der Waals surface area contributed by atoms with Gasteiger partial charge in [-0.1, -0.05) is 32.0 Å². The molecule has 0 spiro atoms. The third-order valence-electron chi connectivity index (χ3n) is 3.27. The van der Waals surface area contributed by atoms with Crippen LogP contribution >= 0.6 is 0 Å². The van der Waals surface area contributed by atoms with Gasteiger partial charge < -0.3 is 5.32 Å². The number of rotatable bonds is 6. The van der Waals surface area contributed by atoms with Crippen LogP contribution in [0.2, 0.25) is 0 Å². The zero-order valence-corrected chi connectivity index (χ0v) is 12.1. The predicted octanol–water partition coefficient (Wildman–Crippen LogP) is 3.38. The standard InChI is InChI=1S/C16H23N3/c1-4-8-19-12-15(11-18-19)16-7-6-14(9-13(16)3)10-17-5-2/h6-7,9,11-12,17H,4-5,8,10H2,1-3H3. The molecule has 0 saturated heterocycles. The van der Waals surface area contributed by atoms with Crippen molar-refractivity contribution in [2.45, 2.75) is 40.3 Å². The molecule has 1 aromatic carbocycles. The minimum absolute atomic E-state index is 0.937. The topological polar surface area (TPSA) is 29.9 Å². The first-order valence-electron chi connectivity index (χ1n) is 7.07. The molecule has 2 rings (SSSR count). The van der Waals surface area contributed by atoms with Gasteiger partial charge in [0.05, 0.1) is 6.20 Å². The van der Waals surface area contributed by atoms with Gasteiger partial charge in [0.25, 0.3) is 0 Å². The van der Waals surface area contributed by atoms with Crippen LogP contribution in [0.3, 0.4) is 0 Å². The highest BCUT2D eigenvalue weighted by Crippen LogP contribution is 2.23. The Bertz CT molecular complexity index is 529. The number of benzene rings is 1. The Morgan fingerprint density at radius 1 is 1.26 bits per heavy atom. The smallest absolute Gasteiger partial charge is 0.0568 e. The summed E-state index contributed by atoms with van der Waals surface area (Å²) >= 11 is 0. The zero-order valence-electron chi connectivity index (χ0n) is 12.1. The first-order chi connectivity index (χ1) is 9.24. The van der Waals surface area contributed by atoms with Crippen LogP contribution in [0.25, 0.3) is 11.1 Å². The van der Waals surface area contributed by atoms with E-state index in [1.807, 2.05) is 10.9 Å². The second-order valence-corrected chi connectivity index (χ2v) is 4.92. The molecule has 0 aliphatic carbocycles. The zero-order chi connectivity index (χ0) is 13.7. The van der Waals surface area contributed by atoms with Crippen molar-refractivity contribution in [2.24, 2.45) is 0 Å². The van der Waals surface area contributed by atoms with Crippen molar-refractivity contribution < 1.29 is 0 Å². The number of aryl methyl sites for hydroxylation is 2. The van der Waals surface area contributed by atoms with E-state index in [4.69, 9.17) is 0 Å². The van der Waals surface area contributed by atoms with Crippen molar-refractivity contribution in [1.29, 1.82) is 0 Å². The molecule has 0 amide bonds. The fraction of sp³-hybridized carbons (Fsp3) is 0.438. The van der Waals surface area contributed by atoms with Gasteiger partial charge in [-0.2, -0.15) is 5.10 Å². The van der Waals surface area contributed by atoms with E-state index in [1.165, 1.54) is 22.3 Å². The van der Waals surface area contributed by atoms with Crippen molar-refractivity contribution in [3.8, 4) is 11.1 Å². The molecule has 0 fully saturated rings. The van der Waals surface area contributed by atoms with Crippen LogP contribution in [-0.4, -0.2) is 16.3 Å². The van der Waals surface area contributed by atoms with Crippen molar-refractivity contribution >= 4 is 0 Å². The Labute approximate surface area is 115 Å². The minimum Gasteiger partial charge on any atom is -0.313 e. The van der Waals surface area contributed by atoms with Crippen LogP contribution in [-0.2, 0) is 13.1 Å². The van der Waals surface area contributed by atoms with Gasteiger partial charge in [0.2, 0.25) is 0 Å². The molecule has 0 saturated carbocycles. The molecule has 1 N–H and O–H groups in total.